The number of aryl methyl sites for hydroxylation is 1. The van der Waals surface area contributed by atoms with Crippen LogP contribution in [0.4, 0.5) is 5.69 Å². The minimum absolute atomic E-state index is 0.145. The molecule has 114 valence electrons. The van der Waals surface area contributed by atoms with Gasteiger partial charge in [0.1, 0.15) is 0 Å². The lowest BCUT2D eigenvalue weighted by Gasteiger charge is -1.98. The number of nitrogens with zero attached hydrogens (tertiary/aromatic N) is 3. The highest BCUT2D eigenvalue weighted by Crippen LogP contribution is 2.25. The van der Waals surface area contributed by atoms with E-state index in [1.54, 1.807) is 6.92 Å². The molecular formula is C12H10BrN5O4. The average molecular weight is 368 g/mol. The van der Waals surface area contributed by atoms with Crippen molar-refractivity contribution in [2.45, 2.75) is 6.92 Å². The third-order valence-corrected chi connectivity index (χ3v) is 3.63. The second-order valence-corrected chi connectivity index (χ2v) is 5.01. The van der Waals surface area contributed by atoms with Gasteiger partial charge in [0.25, 0.3) is 5.91 Å². The zero-order valence-electron chi connectivity index (χ0n) is 11.2. The van der Waals surface area contributed by atoms with Crippen LogP contribution in [0.1, 0.15) is 21.7 Å². The number of nitrogens with one attached hydrogen (secondary N) is 2. The van der Waals surface area contributed by atoms with E-state index in [2.05, 4.69) is 36.7 Å². The van der Waals surface area contributed by atoms with Crippen molar-refractivity contribution in [2.75, 3.05) is 0 Å². The van der Waals surface area contributed by atoms with E-state index in [-0.39, 0.29) is 5.69 Å². The summed E-state index contributed by atoms with van der Waals surface area (Å²) in [6, 6.07) is 3.74. The number of carbonyl (C=O) groups is 1. The van der Waals surface area contributed by atoms with Gasteiger partial charge in [0.2, 0.25) is 0 Å². The third kappa shape index (κ3) is 3.28. The Kier molecular flexibility index (Phi) is 4.51. The smallest absolute Gasteiger partial charge is 0.311 e. The number of benzene rings is 1. The maximum Gasteiger partial charge on any atom is 0.311 e. The van der Waals surface area contributed by atoms with Crippen molar-refractivity contribution in [1.82, 2.24) is 15.6 Å². The highest BCUT2D eigenvalue weighted by molar-refractivity contribution is 9.10. The molecule has 9 nitrogen and oxygen atoms in total. The van der Waals surface area contributed by atoms with E-state index in [9.17, 15) is 20.0 Å². The van der Waals surface area contributed by atoms with Crippen molar-refractivity contribution >= 4 is 33.7 Å². The van der Waals surface area contributed by atoms with Crippen molar-refractivity contribution in [1.29, 1.82) is 0 Å². The summed E-state index contributed by atoms with van der Waals surface area (Å²) < 4.78 is 0.528. The molecule has 0 atom stereocenters. The van der Waals surface area contributed by atoms with Crippen LogP contribution in [0.2, 0.25) is 0 Å². The van der Waals surface area contributed by atoms with E-state index in [4.69, 9.17) is 0 Å². The number of amides is 1. The number of hydrogen-bond acceptors (Lipinski definition) is 6. The summed E-state index contributed by atoms with van der Waals surface area (Å²) in [4.78, 5) is 21.8. The normalized spacial score (nSPS) is 10.8. The Balaban J connectivity index is 2.10. The maximum absolute atomic E-state index is 11.8. The standard InChI is InChI=1S/C12H10BrN5O4/c1-6-10(13)11(16-15-6)12(20)17-14-5-7-2-3-9(19)8(4-7)18(21)22/h2-5,19H,1H3,(H,15,16)(H,17,20)/b14-5-. The van der Waals surface area contributed by atoms with E-state index in [0.29, 0.717) is 15.7 Å². The van der Waals surface area contributed by atoms with Crippen LogP contribution in [0.5, 0.6) is 5.75 Å². The Morgan fingerprint density at radius 2 is 2.32 bits per heavy atom. The van der Waals surface area contributed by atoms with Gasteiger partial charge in [0.05, 0.1) is 15.6 Å². The largest absolute Gasteiger partial charge is 0.502 e. The fraction of sp³-hybridized carbons (Fsp3) is 0.0833. The number of carbonyl (C=O) groups excluding carboxylic acids is 1. The molecule has 1 aromatic carbocycles. The number of aromatic amines is 1. The van der Waals surface area contributed by atoms with Gasteiger partial charge in [-0.1, -0.05) is 0 Å². The molecule has 3 N–H and O–H groups in total. The lowest BCUT2D eigenvalue weighted by Crippen LogP contribution is -2.18. The minimum Gasteiger partial charge on any atom is -0.502 e. The highest BCUT2D eigenvalue weighted by Gasteiger charge is 2.15. The van der Waals surface area contributed by atoms with Crippen LogP contribution < -0.4 is 5.43 Å². The van der Waals surface area contributed by atoms with Gasteiger partial charge >= 0.3 is 5.69 Å². The highest BCUT2D eigenvalue weighted by atomic mass is 79.9. The Labute approximate surface area is 132 Å². The van der Waals surface area contributed by atoms with Gasteiger partial charge in [0, 0.05) is 17.3 Å². The monoisotopic (exact) mass is 367 g/mol. The molecule has 0 radical (unpaired) electrons. The van der Waals surface area contributed by atoms with Gasteiger partial charge in [-0.05, 0) is 35.0 Å². The summed E-state index contributed by atoms with van der Waals surface area (Å²) in [6.07, 6.45) is 1.22. The summed E-state index contributed by atoms with van der Waals surface area (Å²) in [5.41, 5.74) is 3.00. The van der Waals surface area contributed by atoms with Crippen LogP contribution in [0.25, 0.3) is 0 Å². The Morgan fingerprint density at radius 3 is 2.91 bits per heavy atom. The lowest BCUT2D eigenvalue weighted by molar-refractivity contribution is -0.385. The maximum atomic E-state index is 11.8. The molecule has 1 aromatic heterocycles. The van der Waals surface area contributed by atoms with Crippen molar-refractivity contribution in [3.05, 3.63) is 49.7 Å². The summed E-state index contributed by atoms with van der Waals surface area (Å²) in [5, 5.41) is 30.2. The number of phenolic OH excluding ortho intramolecular Hbond substituents is 1. The van der Waals surface area contributed by atoms with Gasteiger partial charge in [-0.15, -0.1) is 0 Å². The number of halogens is 1. The number of hydrogen-bond donors (Lipinski definition) is 3. The van der Waals surface area contributed by atoms with Gasteiger partial charge < -0.3 is 5.11 Å². The minimum atomic E-state index is -0.713. The van der Waals surface area contributed by atoms with E-state index in [1.807, 2.05) is 0 Å². The second-order valence-electron chi connectivity index (χ2n) is 4.22. The van der Waals surface area contributed by atoms with Crippen molar-refractivity contribution < 1.29 is 14.8 Å². The summed E-state index contributed by atoms with van der Waals surface area (Å²) in [5.74, 6) is -0.983. The van der Waals surface area contributed by atoms with Gasteiger partial charge in [-0.3, -0.25) is 20.0 Å². The lowest BCUT2D eigenvalue weighted by atomic mass is 10.2. The van der Waals surface area contributed by atoms with Crippen LogP contribution in [0, 0.1) is 17.0 Å². The Morgan fingerprint density at radius 1 is 1.59 bits per heavy atom. The fourth-order valence-corrected chi connectivity index (χ4v) is 1.91. The zero-order valence-corrected chi connectivity index (χ0v) is 12.8. The summed E-state index contributed by atoms with van der Waals surface area (Å²) in [7, 11) is 0. The molecule has 0 aliphatic carbocycles. The number of nitro groups is 1. The fourth-order valence-electron chi connectivity index (χ4n) is 1.55. The van der Waals surface area contributed by atoms with Crippen molar-refractivity contribution in [3.63, 3.8) is 0 Å². The Bertz CT molecular complexity index is 771. The van der Waals surface area contributed by atoms with Gasteiger partial charge in [-0.25, -0.2) is 5.43 Å². The molecule has 0 saturated heterocycles. The molecule has 0 saturated carbocycles. The average Bonchev–Trinajstić information content (AvgIpc) is 2.80. The van der Waals surface area contributed by atoms with Crippen molar-refractivity contribution in [2.24, 2.45) is 5.10 Å². The quantitative estimate of drug-likeness (QED) is 0.430. The van der Waals surface area contributed by atoms with E-state index in [1.165, 1.54) is 18.3 Å². The molecule has 0 fully saturated rings. The molecule has 0 unspecified atom stereocenters. The van der Waals surface area contributed by atoms with E-state index >= 15 is 0 Å². The predicted molar refractivity (Wildman–Crippen MR) is 80.8 cm³/mol. The van der Waals surface area contributed by atoms with Crippen LogP contribution in [-0.4, -0.2) is 32.3 Å². The topological polar surface area (TPSA) is 134 Å². The summed E-state index contributed by atoms with van der Waals surface area (Å²) in [6.45, 7) is 1.74. The predicted octanol–water partition coefficient (Wildman–Crippen LogP) is 1.86. The number of phenols is 1. The van der Waals surface area contributed by atoms with Crippen LogP contribution in [0.3, 0.4) is 0 Å². The zero-order chi connectivity index (χ0) is 16.3. The Hall–Kier alpha value is -2.75. The first kappa shape index (κ1) is 15.6. The number of rotatable bonds is 4. The molecular weight excluding hydrogens is 358 g/mol. The molecule has 0 aliphatic rings. The van der Waals surface area contributed by atoms with Gasteiger partial charge in [-0.2, -0.15) is 10.2 Å². The second kappa shape index (κ2) is 6.35. The summed E-state index contributed by atoms with van der Waals surface area (Å²) >= 11 is 3.21. The van der Waals surface area contributed by atoms with Crippen LogP contribution in [0.15, 0.2) is 27.8 Å². The number of H-pyrrole nitrogens is 1. The first-order valence-corrected chi connectivity index (χ1v) is 6.70. The van der Waals surface area contributed by atoms with Crippen LogP contribution >= 0.6 is 15.9 Å². The number of aromatic nitrogens is 2. The number of hydrazone groups is 1. The third-order valence-electron chi connectivity index (χ3n) is 2.66. The van der Waals surface area contributed by atoms with E-state index in [0.717, 1.165) is 6.07 Å². The molecule has 0 spiro atoms. The van der Waals surface area contributed by atoms with E-state index < -0.39 is 22.3 Å². The molecule has 0 aliphatic heterocycles. The molecule has 1 heterocycles. The molecule has 22 heavy (non-hydrogen) atoms. The molecule has 2 aromatic rings. The van der Waals surface area contributed by atoms with Gasteiger partial charge in [0.15, 0.2) is 11.4 Å². The SMILES string of the molecule is Cc1[nH]nc(C(=O)N/N=C\c2ccc(O)c([N+](=O)[O-])c2)c1Br. The molecule has 1 amide bonds. The first-order chi connectivity index (χ1) is 10.4. The molecule has 10 heteroatoms. The number of aromatic hydroxyl groups is 1. The number of nitro benzene ring substituents is 1. The molecule has 0 bridgehead atoms. The van der Waals surface area contributed by atoms with Crippen molar-refractivity contribution in [3.8, 4) is 5.75 Å². The molecule has 2 rings (SSSR count). The first-order valence-electron chi connectivity index (χ1n) is 5.91. The van der Waals surface area contributed by atoms with Crippen LogP contribution in [-0.2, 0) is 0 Å².